The topological polar surface area (TPSA) is 113 Å². The summed E-state index contributed by atoms with van der Waals surface area (Å²) in [5.41, 5.74) is 5.45. The van der Waals surface area contributed by atoms with Gasteiger partial charge in [0.25, 0.3) is 0 Å². The molecular weight excluding hydrogens is 236 g/mol. The third-order valence-corrected chi connectivity index (χ3v) is 2.90. The van der Waals surface area contributed by atoms with Crippen molar-refractivity contribution in [1.29, 1.82) is 0 Å². The van der Waals surface area contributed by atoms with Crippen LogP contribution in [0.2, 0.25) is 0 Å². The molecule has 0 aromatic heterocycles. The molecule has 6 heteroatoms. The predicted octanol–water partition coefficient (Wildman–Crippen LogP) is 0.0934. The Morgan fingerprint density at radius 2 is 1.94 bits per heavy atom. The fourth-order valence-corrected chi connectivity index (χ4v) is 1.62. The SMILES string of the molecule is CC(C)(CCN)CCC(=O)N[C@@H](CCO)C(=O)O. The van der Waals surface area contributed by atoms with Crippen molar-refractivity contribution in [2.75, 3.05) is 13.2 Å². The second kappa shape index (κ2) is 8.05. The minimum absolute atomic E-state index is 0.0211. The van der Waals surface area contributed by atoms with Gasteiger partial charge >= 0.3 is 5.97 Å². The van der Waals surface area contributed by atoms with E-state index >= 15 is 0 Å². The lowest BCUT2D eigenvalue weighted by Crippen LogP contribution is -2.41. The minimum atomic E-state index is -1.13. The molecule has 1 atom stereocenters. The summed E-state index contributed by atoms with van der Waals surface area (Å²) in [5.74, 6) is -1.43. The summed E-state index contributed by atoms with van der Waals surface area (Å²) in [7, 11) is 0. The van der Waals surface area contributed by atoms with E-state index in [-0.39, 0.29) is 30.8 Å². The third-order valence-electron chi connectivity index (χ3n) is 2.90. The van der Waals surface area contributed by atoms with Crippen LogP contribution in [-0.4, -0.2) is 41.3 Å². The maximum atomic E-state index is 11.6. The Labute approximate surface area is 108 Å². The molecule has 6 nitrogen and oxygen atoms in total. The highest BCUT2D eigenvalue weighted by Crippen LogP contribution is 2.25. The molecule has 0 rings (SSSR count). The van der Waals surface area contributed by atoms with E-state index in [0.717, 1.165) is 6.42 Å². The van der Waals surface area contributed by atoms with E-state index in [0.29, 0.717) is 13.0 Å². The van der Waals surface area contributed by atoms with Gasteiger partial charge in [-0.15, -0.1) is 0 Å². The molecule has 5 N–H and O–H groups in total. The zero-order valence-electron chi connectivity index (χ0n) is 11.1. The van der Waals surface area contributed by atoms with Crippen LogP contribution in [0, 0.1) is 5.41 Å². The average molecular weight is 260 g/mol. The van der Waals surface area contributed by atoms with E-state index in [1.165, 1.54) is 0 Å². The Bertz CT molecular complexity index is 279. The number of hydrogen-bond donors (Lipinski definition) is 4. The van der Waals surface area contributed by atoms with Crippen LogP contribution < -0.4 is 11.1 Å². The molecule has 0 fully saturated rings. The lowest BCUT2D eigenvalue weighted by molar-refractivity contribution is -0.142. The summed E-state index contributed by atoms with van der Waals surface area (Å²) in [6.07, 6.45) is 1.76. The van der Waals surface area contributed by atoms with Gasteiger partial charge in [-0.1, -0.05) is 13.8 Å². The largest absolute Gasteiger partial charge is 0.480 e. The smallest absolute Gasteiger partial charge is 0.326 e. The van der Waals surface area contributed by atoms with Crippen molar-refractivity contribution in [3.63, 3.8) is 0 Å². The van der Waals surface area contributed by atoms with Gasteiger partial charge in [0, 0.05) is 19.4 Å². The number of nitrogens with two attached hydrogens (primary N) is 1. The fraction of sp³-hybridized carbons (Fsp3) is 0.833. The molecule has 0 unspecified atom stereocenters. The highest BCUT2D eigenvalue weighted by molar-refractivity contribution is 5.83. The summed E-state index contributed by atoms with van der Waals surface area (Å²) < 4.78 is 0. The van der Waals surface area contributed by atoms with Crippen LogP contribution in [0.5, 0.6) is 0 Å². The minimum Gasteiger partial charge on any atom is -0.480 e. The van der Waals surface area contributed by atoms with Gasteiger partial charge in [-0.05, 0) is 24.8 Å². The number of nitrogens with one attached hydrogen (secondary N) is 1. The molecule has 0 bridgehead atoms. The van der Waals surface area contributed by atoms with Gasteiger partial charge in [-0.25, -0.2) is 4.79 Å². The van der Waals surface area contributed by atoms with E-state index in [4.69, 9.17) is 15.9 Å². The molecule has 0 saturated heterocycles. The Hall–Kier alpha value is -1.14. The molecule has 0 aliphatic heterocycles. The zero-order chi connectivity index (χ0) is 14.2. The number of rotatable bonds is 9. The van der Waals surface area contributed by atoms with Gasteiger partial charge in [0.1, 0.15) is 6.04 Å². The second-order valence-electron chi connectivity index (χ2n) is 5.17. The first kappa shape index (κ1) is 16.9. The molecule has 0 aliphatic carbocycles. The highest BCUT2D eigenvalue weighted by Gasteiger charge is 2.22. The molecular formula is C12H24N2O4. The number of carboxylic acids is 1. The maximum absolute atomic E-state index is 11.6. The van der Waals surface area contributed by atoms with Crippen molar-refractivity contribution in [2.24, 2.45) is 11.1 Å². The van der Waals surface area contributed by atoms with Gasteiger partial charge < -0.3 is 21.3 Å². The number of carbonyl (C=O) groups excluding carboxylic acids is 1. The monoisotopic (exact) mass is 260 g/mol. The quantitative estimate of drug-likeness (QED) is 0.469. The standard InChI is InChI=1S/C12H24N2O4/c1-12(2,6-7-13)5-3-10(16)14-9(4-8-15)11(17)18/h9,15H,3-8,13H2,1-2H3,(H,14,16)(H,17,18)/t9-/m0/s1. The van der Waals surface area contributed by atoms with E-state index in [1.807, 2.05) is 13.8 Å². The van der Waals surface area contributed by atoms with E-state index in [9.17, 15) is 9.59 Å². The van der Waals surface area contributed by atoms with Crippen LogP contribution in [0.4, 0.5) is 0 Å². The van der Waals surface area contributed by atoms with Gasteiger partial charge in [0.2, 0.25) is 5.91 Å². The van der Waals surface area contributed by atoms with Crippen LogP contribution >= 0.6 is 0 Å². The predicted molar refractivity (Wildman–Crippen MR) is 68.0 cm³/mol. The molecule has 1 amide bonds. The molecule has 18 heavy (non-hydrogen) atoms. The fourth-order valence-electron chi connectivity index (χ4n) is 1.62. The second-order valence-corrected chi connectivity index (χ2v) is 5.17. The molecule has 0 radical (unpaired) electrons. The third kappa shape index (κ3) is 7.24. The zero-order valence-corrected chi connectivity index (χ0v) is 11.1. The number of carbonyl (C=O) groups is 2. The number of hydrogen-bond acceptors (Lipinski definition) is 4. The van der Waals surface area contributed by atoms with E-state index in [2.05, 4.69) is 5.32 Å². The summed E-state index contributed by atoms with van der Waals surface area (Å²) in [4.78, 5) is 22.4. The van der Waals surface area contributed by atoms with Crippen molar-refractivity contribution in [1.82, 2.24) is 5.32 Å². The van der Waals surface area contributed by atoms with Crippen molar-refractivity contribution in [3.05, 3.63) is 0 Å². The van der Waals surface area contributed by atoms with Crippen molar-refractivity contribution >= 4 is 11.9 Å². The molecule has 106 valence electrons. The Kier molecular flexibility index (Phi) is 7.54. The van der Waals surface area contributed by atoms with Gasteiger partial charge in [-0.3, -0.25) is 4.79 Å². The van der Waals surface area contributed by atoms with Crippen LogP contribution in [0.25, 0.3) is 0 Å². The van der Waals surface area contributed by atoms with Crippen LogP contribution in [0.3, 0.4) is 0 Å². The first-order valence-electron chi connectivity index (χ1n) is 6.15. The molecule has 0 aliphatic rings. The first-order chi connectivity index (χ1) is 8.32. The summed E-state index contributed by atoms with van der Waals surface area (Å²) in [6.45, 7) is 4.35. The summed E-state index contributed by atoms with van der Waals surface area (Å²) in [6, 6.07) is -1.01. The Balaban J connectivity index is 4.13. The number of aliphatic carboxylic acids is 1. The van der Waals surface area contributed by atoms with Gasteiger partial charge in [-0.2, -0.15) is 0 Å². The van der Waals surface area contributed by atoms with Crippen molar-refractivity contribution in [2.45, 2.75) is 45.6 Å². The number of carboxylic acid groups (broad SMARTS) is 1. The molecule has 0 spiro atoms. The van der Waals surface area contributed by atoms with E-state index < -0.39 is 12.0 Å². The number of aliphatic hydroxyl groups is 1. The average Bonchev–Trinajstić information content (AvgIpc) is 2.26. The number of amides is 1. The lowest BCUT2D eigenvalue weighted by atomic mass is 9.84. The highest BCUT2D eigenvalue weighted by atomic mass is 16.4. The van der Waals surface area contributed by atoms with Crippen LogP contribution in [0.1, 0.15) is 39.5 Å². The molecule has 0 saturated carbocycles. The van der Waals surface area contributed by atoms with Crippen LogP contribution in [0.15, 0.2) is 0 Å². The normalized spacial score (nSPS) is 13.1. The summed E-state index contributed by atoms with van der Waals surface area (Å²) >= 11 is 0. The first-order valence-corrected chi connectivity index (χ1v) is 6.15. The lowest BCUT2D eigenvalue weighted by Gasteiger charge is -2.23. The molecule has 0 heterocycles. The molecule has 0 aromatic carbocycles. The van der Waals surface area contributed by atoms with Crippen molar-refractivity contribution in [3.8, 4) is 0 Å². The van der Waals surface area contributed by atoms with Crippen molar-refractivity contribution < 1.29 is 19.8 Å². The Morgan fingerprint density at radius 1 is 1.33 bits per heavy atom. The van der Waals surface area contributed by atoms with Crippen LogP contribution in [-0.2, 0) is 9.59 Å². The summed E-state index contributed by atoms with van der Waals surface area (Å²) in [5, 5.41) is 19.9. The van der Waals surface area contributed by atoms with Gasteiger partial charge in [0.15, 0.2) is 0 Å². The van der Waals surface area contributed by atoms with E-state index in [1.54, 1.807) is 0 Å². The maximum Gasteiger partial charge on any atom is 0.326 e. The number of aliphatic hydroxyl groups excluding tert-OH is 1. The molecule has 0 aromatic rings. The Morgan fingerprint density at radius 3 is 2.39 bits per heavy atom. The van der Waals surface area contributed by atoms with Gasteiger partial charge in [0.05, 0.1) is 0 Å².